The molecule has 0 saturated carbocycles. The molecule has 27 heavy (non-hydrogen) atoms. The maximum Gasteiger partial charge on any atom is 0.264 e. The monoisotopic (exact) mass is 368 g/mol. The zero-order valence-electron chi connectivity index (χ0n) is 16.0. The molecule has 1 heterocycles. The van der Waals surface area contributed by atoms with E-state index < -0.39 is 0 Å². The predicted molar refractivity (Wildman–Crippen MR) is 105 cm³/mol. The van der Waals surface area contributed by atoms with Gasteiger partial charge < -0.3 is 19.7 Å². The molecule has 2 aromatic rings. The SMILES string of the molecule is COc1ccc(C(C(=O)Nc2cccc3c2OCC(=O)N3C)C(C)C)cc1. The molecule has 3 rings (SSSR count). The van der Waals surface area contributed by atoms with Crippen LogP contribution >= 0.6 is 0 Å². The fourth-order valence-electron chi connectivity index (χ4n) is 3.26. The second-order valence-electron chi connectivity index (χ2n) is 6.88. The summed E-state index contributed by atoms with van der Waals surface area (Å²) in [4.78, 5) is 26.4. The Morgan fingerprint density at radius 2 is 1.89 bits per heavy atom. The third-order valence-corrected chi connectivity index (χ3v) is 4.75. The number of nitrogens with one attached hydrogen (secondary N) is 1. The van der Waals surface area contributed by atoms with E-state index in [1.165, 1.54) is 4.90 Å². The summed E-state index contributed by atoms with van der Waals surface area (Å²) in [6.07, 6.45) is 0. The van der Waals surface area contributed by atoms with Crippen molar-refractivity contribution in [2.24, 2.45) is 5.92 Å². The highest BCUT2D eigenvalue weighted by Gasteiger charge is 2.28. The van der Waals surface area contributed by atoms with E-state index in [0.717, 1.165) is 11.3 Å². The van der Waals surface area contributed by atoms with Crippen molar-refractivity contribution in [1.29, 1.82) is 0 Å². The highest BCUT2D eigenvalue weighted by Crippen LogP contribution is 2.39. The Labute approximate surface area is 159 Å². The molecule has 0 fully saturated rings. The third-order valence-electron chi connectivity index (χ3n) is 4.75. The summed E-state index contributed by atoms with van der Waals surface area (Å²) >= 11 is 0. The Morgan fingerprint density at radius 1 is 1.19 bits per heavy atom. The van der Waals surface area contributed by atoms with Gasteiger partial charge in [0.2, 0.25) is 5.91 Å². The summed E-state index contributed by atoms with van der Waals surface area (Å²) in [5, 5.41) is 2.98. The minimum absolute atomic E-state index is 0.0392. The number of carbonyl (C=O) groups excluding carboxylic acids is 2. The lowest BCUT2D eigenvalue weighted by molar-refractivity contribution is -0.121. The number of likely N-dealkylation sites (N-methyl/N-ethyl adjacent to an activating group) is 1. The van der Waals surface area contributed by atoms with Crippen LogP contribution in [0.1, 0.15) is 25.3 Å². The van der Waals surface area contributed by atoms with Gasteiger partial charge in [0.1, 0.15) is 5.75 Å². The number of rotatable bonds is 5. The van der Waals surface area contributed by atoms with E-state index in [4.69, 9.17) is 9.47 Å². The van der Waals surface area contributed by atoms with Crippen molar-refractivity contribution in [1.82, 2.24) is 0 Å². The molecule has 1 N–H and O–H groups in total. The summed E-state index contributed by atoms with van der Waals surface area (Å²) in [7, 11) is 3.31. The molecule has 0 saturated heterocycles. The zero-order valence-corrected chi connectivity index (χ0v) is 16.0. The normalized spacial score (nSPS) is 14.4. The molecule has 6 nitrogen and oxygen atoms in total. The number of hydrogen-bond donors (Lipinski definition) is 1. The molecule has 0 spiro atoms. The van der Waals surface area contributed by atoms with Gasteiger partial charge in [-0.2, -0.15) is 0 Å². The van der Waals surface area contributed by atoms with E-state index in [0.29, 0.717) is 17.1 Å². The van der Waals surface area contributed by atoms with Gasteiger partial charge in [-0.05, 0) is 35.7 Å². The van der Waals surface area contributed by atoms with Gasteiger partial charge in [0.05, 0.1) is 24.4 Å². The van der Waals surface area contributed by atoms with Crippen LogP contribution in [0.4, 0.5) is 11.4 Å². The number of methoxy groups -OCH3 is 1. The van der Waals surface area contributed by atoms with Crippen LogP contribution < -0.4 is 19.7 Å². The number of hydrogen-bond acceptors (Lipinski definition) is 4. The van der Waals surface area contributed by atoms with E-state index in [-0.39, 0.29) is 30.3 Å². The predicted octanol–water partition coefficient (Wildman–Crippen LogP) is 3.43. The smallest absolute Gasteiger partial charge is 0.264 e. The van der Waals surface area contributed by atoms with E-state index in [1.54, 1.807) is 32.4 Å². The first kappa shape index (κ1) is 18.8. The Morgan fingerprint density at radius 3 is 2.52 bits per heavy atom. The van der Waals surface area contributed by atoms with E-state index >= 15 is 0 Å². The van der Waals surface area contributed by atoms with Crippen LogP contribution in [-0.2, 0) is 9.59 Å². The number of benzene rings is 2. The van der Waals surface area contributed by atoms with E-state index in [9.17, 15) is 9.59 Å². The number of nitrogens with zero attached hydrogens (tertiary/aromatic N) is 1. The largest absolute Gasteiger partial charge is 0.497 e. The number of amides is 2. The van der Waals surface area contributed by atoms with Gasteiger partial charge in [0, 0.05) is 7.05 Å². The Kier molecular flexibility index (Phi) is 5.35. The number of para-hydroxylation sites is 1. The van der Waals surface area contributed by atoms with Crippen LogP contribution in [0.5, 0.6) is 11.5 Å². The molecule has 6 heteroatoms. The fourth-order valence-corrected chi connectivity index (χ4v) is 3.26. The summed E-state index contributed by atoms with van der Waals surface area (Å²) in [5.41, 5.74) is 2.13. The maximum absolute atomic E-state index is 13.1. The van der Waals surface area contributed by atoms with Crippen LogP contribution in [0.15, 0.2) is 42.5 Å². The van der Waals surface area contributed by atoms with E-state index in [2.05, 4.69) is 5.32 Å². The van der Waals surface area contributed by atoms with Gasteiger partial charge in [-0.25, -0.2) is 0 Å². The topological polar surface area (TPSA) is 67.9 Å². The van der Waals surface area contributed by atoms with Crippen molar-refractivity contribution in [2.75, 3.05) is 31.0 Å². The fraction of sp³-hybridized carbons (Fsp3) is 0.333. The van der Waals surface area contributed by atoms with Gasteiger partial charge in [-0.1, -0.05) is 32.0 Å². The highest BCUT2D eigenvalue weighted by atomic mass is 16.5. The molecule has 1 aliphatic heterocycles. The number of carbonyl (C=O) groups is 2. The van der Waals surface area contributed by atoms with Crippen LogP contribution in [0, 0.1) is 5.92 Å². The van der Waals surface area contributed by atoms with Crippen molar-refractivity contribution in [3.05, 3.63) is 48.0 Å². The van der Waals surface area contributed by atoms with Gasteiger partial charge in [0.25, 0.3) is 5.91 Å². The van der Waals surface area contributed by atoms with Crippen molar-refractivity contribution in [2.45, 2.75) is 19.8 Å². The lowest BCUT2D eigenvalue weighted by Gasteiger charge is -2.28. The van der Waals surface area contributed by atoms with Gasteiger partial charge in [-0.3, -0.25) is 9.59 Å². The first-order valence-electron chi connectivity index (χ1n) is 8.89. The lowest BCUT2D eigenvalue weighted by Crippen LogP contribution is -2.36. The van der Waals surface area contributed by atoms with Crippen molar-refractivity contribution < 1.29 is 19.1 Å². The lowest BCUT2D eigenvalue weighted by atomic mass is 9.87. The van der Waals surface area contributed by atoms with Crippen molar-refractivity contribution in [3.63, 3.8) is 0 Å². The molecule has 0 aromatic heterocycles. The van der Waals surface area contributed by atoms with Gasteiger partial charge >= 0.3 is 0 Å². The van der Waals surface area contributed by atoms with E-state index in [1.807, 2.05) is 38.1 Å². The first-order chi connectivity index (χ1) is 12.9. The number of anilines is 2. The van der Waals surface area contributed by atoms with Crippen LogP contribution in [0.2, 0.25) is 0 Å². The summed E-state index contributed by atoms with van der Waals surface area (Å²) < 4.78 is 10.8. The molecule has 1 unspecified atom stereocenters. The minimum Gasteiger partial charge on any atom is -0.497 e. The minimum atomic E-state index is -0.324. The maximum atomic E-state index is 13.1. The third kappa shape index (κ3) is 3.74. The average molecular weight is 368 g/mol. The number of ether oxygens (including phenoxy) is 2. The summed E-state index contributed by atoms with van der Waals surface area (Å²) in [6, 6.07) is 12.9. The zero-order chi connectivity index (χ0) is 19.6. The quantitative estimate of drug-likeness (QED) is 0.878. The molecule has 1 aliphatic rings. The van der Waals surface area contributed by atoms with Gasteiger partial charge in [0.15, 0.2) is 12.4 Å². The molecule has 1 atom stereocenters. The average Bonchev–Trinajstić information content (AvgIpc) is 2.65. The molecular weight excluding hydrogens is 344 g/mol. The van der Waals surface area contributed by atoms with Crippen molar-refractivity contribution in [3.8, 4) is 11.5 Å². The van der Waals surface area contributed by atoms with Crippen LogP contribution in [-0.4, -0.2) is 32.6 Å². The Bertz CT molecular complexity index is 846. The molecule has 2 amide bonds. The summed E-state index contributed by atoms with van der Waals surface area (Å²) in [6.45, 7) is 3.98. The standard InChI is InChI=1S/C21H24N2O4/c1-13(2)19(14-8-10-15(26-4)11-9-14)21(25)22-16-6-5-7-17-20(16)27-12-18(24)23(17)3/h5-11,13,19H,12H2,1-4H3,(H,22,25). The van der Waals surface area contributed by atoms with Crippen LogP contribution in [0.3, 0.4) is 0 Å². The molecular formula is C21H24N2O4. The molecule has 0 aliphatic carbocycles. The molecule has 0 bridgehead atoms. The first-order valence-corrected chi connectivity index (χ1v) is 8.89. The second kappa shape index (κ2) is 7.70. The molecule has 0 radical (unpaired) electrons. The highest BCUT2D eigenvalue weighted by molar-refractivity contribution is 6.02. The van der Waals surface area contributed by atoms with Crippen molar-refractivity contribution >= 4 is 23.2 Å². The van der Waals surface area contributed by atoms with Gasteiger partial charge in [-0.15, -0.1) is 0 Å². The Hall–Kier alpha value is -3.02. The number of fused-ring (bicyclic) bond motifs is 1. The molecule has 2 aromatic carbocycles. The molecule has 142 valence electrons. The second-order valence-corrected chi connectivity index (χ2v) is 6.88. The summed E-state index contributed by atoms with van der Waals surface area (Å²) in [5.74, 6) is 0.805. The van der Waals surface area contributed by atoms with Crippen LogP contribution in [0.25, 0.3) is 0 Å². The Balaban J connectivity index is 1.88.